The molecule has 0 amide bonds. The molecular weight excluding hydrogens is 835 g/mol. The lowest BCUT2D eigenvalue weighted by Crippen LogP contribution is -2.26. The van der Waals surface area contributed by atoms with Crippen LogP contribution in [0.15, 0.2) is 206 Å². The van der Waals surface area contributed by atoms with Gasteiger partial charge in [-0.1, -0.05) is 178 Å². The average molecular weight is 878 g/mol. The number of fused-ring (bicyclic) bond motifs is 19. The fourth-order valence-corrected chi connectivity index (χ4v) is 14.1. The van der Waals surface area contributed by atoms with Gasteiger partial charge in [0.25, 0.3) is 0 Å². The van der Waals surface area contributed by atoms with Crippen molar-refractivity contribution in [1.29, 1.82) is 0 Å². The summed E-state index contributed by atoms with van der Waals surface area (Å²) in [6.45, 7) is 6.90. The van der Waals surface area contributed by atoms with Crippen molar-refractivity contribution in [1.82, 2.24) is 0 Å². The Bertz CT molecular complexity index is 3930. The summed E-state index contributed by atoms with van der Waals surface area (Å²) in [5.41, 5.74) is 17.6. The van der Waals surface area contributed by atoms with Crippen molar-refractivity contribution in [3.63, 3.8) is 0 Å². The highest BCUT2D eigenvalue weighted by Gasteiger charge is 2.53. The van der Waals surface area contributed by atoms with E-state index in [1.165, 1.54) is 118 Å². The minimum Gasteiger partial charge on any atom is -0.309 e. The Morgan fingerprint density at radius 1 is 0.409 bits per heavy atom. The van der Waals surface area contributed by atoms with E-state index in [0.717, 1.165) is 11.4 Å². The zero-order valence-electron chi connectivity index (χ0n) is 36.9. The molecule has 0 unspecified atom stereocenters. The molecule has 3 heteroatoms. The van der Waals surface area contributed by atoms with E-state index in [2.05, 4.69) is 232 Å². The zero-order chi connectivity index (χ0) is 43.9. The predicted octanol–water partition coefficient (Wildman–Crippen LogP) is 18.4. The lowest BCUT2D eigenvalue weighted by molar-refractivity contribution is 0.590. The second-order valence-electron chi connectivity index (χ2n) is 19.2. The van der Waals surface area contributed by atoms with Crippen LogP contribution in [0.2, 0.25) is 0 Å². The first-order valence-corrected chi connectivity index (χ1v) is 24.6. The summed E-state index contributed by atoms with van der Waals surface area (Å²) in [7, 11) is 0. The molecule has 12 aromatic rings. The van der Waals surface area contributed by atoms with Gasteiger partial charge in [-0.05, 0) is 120 Å². The SMILES string of the molecule is CC(C)(C)c1ccc(N(c2ccc(-c3ccc4ccccc4c3)cc2)c2cc3c(c4c2sc2ccccc24)-c2c(ccc4c2sc2ccccc24)C32c3ccccc3-c3ccccc32)cc1. The van der Waals surface area contributed by atoms with Gasteiger partial charge in [0, 0.05) is 52.6 Å². The van der Waals surface area contributed by atoms with E-state index in [1.807, 2.05) is 22.7 Å². The number of benzene rings is 10. The maximum Gasteiger partial charge on any atom is 0.0727 e. The molecule has 0 bridgehead atoms. The number of hydrogen-bond donors (Lipinski definition) is 0. The van der Waals surface area contributed by atoms with Crippen LogP contribution >= 0.6 is 22.7 Å². The molecule has 0 fully saturated rings. The molecule has 66 heavy (non-hydrogen) atoms. The molecular formula is C63H43NS2. The summed E-state index contributed by atoms with van der Waals surface area (Å²) in [6, 6.07) is 78.1. The second-order valence-corrected chi connectivity index (χ2v) is 21.3. The Kier molecular flexibility index (Phi) is 7.98. The van der Waals surface area contributed by atoms with E-state index in [-0.39, 0.29) is 5.41 Å². The second kappa shape index (κ2) is 13.9. The van der Waals surface area contributed by atoms with Crippen LogP contribution in [-0.4, -0.2) is 0 Å². The average Bonchev–Trinajstić information content (AvgIpc) is 4.09. The van der Waals surface area contributed by atoms with Gasteiger partial charge in [-0.2, -0.15) is 0 Å². The molecule has 2 aromatic heterocycles. The molecule has 0 saturated heterocycles. The Labute approximate surface area is 392 Å². The van der Waals surface area contributed by atoms with Gasteiger partial charge in [-0.3, -0.25) is 0 Å². The normalized spacial score (nSPS) is 13.5. The minimum absolute atomic E-state index is 0.0243. The molecule has 1 nitrogen and oxygen atoms in total. The van der Waals surface area contributed by atoms with Crippen molar-refractivity contribution in [3.05, 3.63) is 234 Å². The lowest BCUT2D eigenvalue weighted by atomic mass is 9.70. The monoisotopic (exact) mass is 877 g/mol. The smallest absolute Gasteiger partial charge is 0.0727 e. The van der Waals surface area contributed by atoms with Crippen LogP contribution in [0.25, 0.3) is 84.5 Å². The Hall–Kier alpha value is -7.30. The molecule has 1 spiro atoms. The summed E-state index contributed by atoms with van der Waals surface area (Å²) in [6.07, 6.45) is 0. The number of thiophene rings is 2. The zero-order valence-corrected chi connectivity index (χ0v) is 38.5. The van der Waals surface area contributed by atoms with Crippen molar-refractivity contribution in [3.8, 4) is 33.4 Å². The fraction of sp³-hybridized carbons (Fsp3) is 0.0794. The van der Waals surface area contributed by atoms with Crippen LogP contribution in [0.5, 0.6) is 0 Å². The molecule has 0 saturated carbocycles. The highest BCUT2D eigenvalue weighted by molar-refractivity contribution is 7.27. The van der Waals surface area contributed by atoms with Crippen LogP contribution in [-0.2, 0) is 10.8 Å². The number of hydrogen-bond acceptors (Lipinski definition) is 3. The Morgan fingerprint density at radius 3 is 1.70 bits per heavy atom. The first-order chi connectivity index (χ1) is 32.4. The van der Waals surface area contributed by atoms with Crippen molar-refractivity contribution in [2.45, 2.75) is 31.6 Å². The van der Waals surface area contributed by atoms with E-state index < -0.39 is 5.41 Å². The quantitative estimate of drug-likeness (QED) is 0.170. The topological polar surface area (TPSA) is 3.24 Å². The van der Waals surface area contributed by atoms with Gasteiger partial charge in [0.05, 0.1) is 15.8 Å². The van der Waals surface area contributed by atoms with Gasteiger partial charge < -0.3 is 4.90 Å². The molecule has 0 radical (unpaired) electrons. The summed E-state index contributed by atoms with van der Waals surface area (Å²) in [5.74, 6) is 0. The van der Waals surface area contributed by atoms with Crippen molar-refractivity contribution in [2.24, 2.45) is 0 Å². The largest absolute Gasteiger partial charge is 0.309 e. The summed E-state index contributed by atoms with van der Waals surface area (Å²) in [4.78, 5) is 2.55. The maximum atomic E-state index is 2.61. The van der Waals surface area contributed by atoms with E-state index in [9.17, 15) is 0 Å². The molecule has 2 aliphatic rings. The van der Waals surface area contributed by atoms with Crippen molar-refractivity contribution in [2.75, 3.05) is 4.90 Å². The molecule has 14 rings (SSSR count). The fourth-order valence-electron chi connectivity index (χ4n) is 11.6. The van der Waals surface area contributed by atoms with E-state index in [0.29, 0.717) is 0 Å². The molecule has 312 valence electrons. The standard InChI is InChI=1S/C63H43NS2/c1-62(2,3)42-28-32-44(33-29-42)64(43-30-26-39(27-31-43)41-25-24-38-14-4-5-15-40(38)36-41)54-37-53-58(57-49-19-9-13-23-56(49)66-61(54)57)59-52(35-34-48-47-18-8-12-22-55(47)65-60(48)59)63(53)50-20-10-6-16-45(50)46-17-7-11-21-51(46)63/h4-37H,1-3H3. The summed E-state index contributed by atoms with van der Waals surface area (Å²) in [5, 5.41) is 7.83. The molecule has 0 aliphatic heterocycles. The first kappa shape index (κ1) is 38.0. The third-order valence-corrected chi connectivity index (χ3v) is 17.0. The Morgan fingerprint density at radius 2 is 0.985 bits per heavy atom. The number of anilines is 3. The first-order valence-electron chi connectivity index (χ1n) is 23.0. The third kappa shape index (κ3) is 5.21. The molecule has 2 heterocycles. The van der Waals surface area contributed by atoms with Crippen LogP contribution in [0, 0.1) is 0 Å². The van der Waals surface area contributed by atoms with Gasteiger partial charge in [-0.15, -0.1) is 22.7 Å². The molecule has 0 N–H and O–H groups in total. The van der Waals surface area contributed by atoms with Crippen LogP contribution in [0.3, 0.4) is 0 Å². The van der Waals surface area contributed by atoms with Gasteiger partial charge in [0.2, 0.25) is 0 Å². The molecule has 10 aromatic carbocycles. The van der Waals surface area contributed by atoms with E-state index in [4.69, 9.17) is 0 Å². The van der Waals surface area contributed by atoms with Crippen LogP contribution in [0.4, 0.5) is 17.1 Å². The van der Waals surface area contributed by atoms with Crippen molar-refractivity contribution < 1.29 is 0 Å². The van der Waals surface area contributed by atoms with Crippen LogP contribution < -0.4 is 4.90 Å². The maximum absolute atomic E-state index is 2.61. The molecule has 2 aliphatic carbocycles. The van der Waals surface area contributed by atoms with E-state index in [1.54, 1.807) is 0 Å². The third-order valence-electron chi connectivity index (χ3n) is 14.6. The highest BCUT2D eigenvalue weighted by Crippen LogP contribution is 2.67. The van der Waals surface area contributed by atoms with Gasteiger partial charge >= 0.3 is 0 Å². The molecule has 0 atom stereocenters. The highest BCUT2D eigenvalue weighted by atomic mass is 32.1. The predicted molar refractivity (Wildman–Crippen MR) is 285 cm³/mol. The van der Waals surface area contributed by atoms with Gasteiger partial charge in [-0.25, -0.2) is 0 Å². The minimum atomic E-state index is -0.532. The van der Waals surface area contributed by atoms with Gasteiger partial charge in [0.15, 0.2) is 0 Å². The van der Waals surface area contributed by atoms with E-state index >= 15 is 0 Å². The Balaban J connectivity index is 1.11. The van der Waals surface area contributed by atoms with Gasteiger partial charge in [0.1, 0.15) is 0 Å². The lowest BCUT2D eigenvalue weighted by Gasteiger charge is -2.33. The number of rotatable bonds is 4. The summed E-state index contributed by atoms with van der Waals surface area (Å²) >= 11 is 3.88. The van der Waals surface area contributed by atoms with Crippen LogP contribution in [0.1, 0.15) is 48.6 Å². The van der Waals surface area contributed by atoms with Crippen molar-refractivity contribution >= 4 is 90.9 Å². The number of nitrogens with zero attached hydrogens (tertiary/aromatic N) is 1. The summed E-state index contributed by atoms with van der Waals surface area (Å²) < 4.78 is 5.30.